The van der Waals surface area contributed by atoms with Gasteiger partial charge in [-0.15, -0.1) is 0 Å². The van der Waals surface area contributed by atoms with Crippen LogP contribution in [0.25, 0.3) is 0 Å². The van der Waals surface area contributed by atoms with Gasteiger partial charge < -0.3 is 19.1 Å². The molecular formula is C18H20ClN3O4. The van der Waals surface area contributed by atoms with E-state index in [2.05, 4.69) is 9.97 Å². The molecule has 3 rings (SSSR count). The number of carbonyl (C=O) groups excluding carboxylic acids is 1. The van der Waals surface area contributed by atoms with Crippen molar-refractivity contribution in [2.45, 2.75) is 18.9 Å². The van der Waals surface area contributed by atoms with Crippen LogP contribution in [0.1, 0.15) is 23.2 Å². The molecule has 1 fully saturated rings. The summed E-state index contributed by atoms with van der Waals surface area (Å²) in [7, 11) is 3.03. The maximum Gasteiger partial charge on any atom is 0.319 e. The summed E-state index contributed by atoms with van der Waals surface area (Å²) >= 11 is 6.04. The van der Waals surface area contributed by atoms with Crippen LogP contribution < -0.4 is 14.2 Å². The Labute approximate surface area is 156 Å². The number of amides is 1. The SMILES string of the molecule is COc1nccc(OC2CCCN(C(=O)c3cc(Cl)ccc3OC)C2)n1. The molecule has 0 radical (unpaired) electrons. The van der Waals surface area contributed by atoms with Crippen molar-refractivity contribution >= 4 is 17.5 Å². The molecule has 2 aromatic rings. The molecule has 1 aromatic heterocycles. The Balaban J connectivity index is 1.72. The summed E-state index contributed by atoms with van der Waals surface area (Å²) < 4.78 is 16.2. The number of piperidine rings is 1. The number of likely N-dealkylation sites (tertiary alicyclic amines) is 1. The van der Waals surface area contributed by atoms with Crippen LogP contribution in [-0.4, -0.2) is 54.2 Å². The molecule has 1 saturated heterocycles. The summed E-state index contributed by atoms with van der Waals surface area (Å²) in [6.07, 6.45) is 3.09. The molecule has 0 N–H and O–H groups in total. The molecule has 7 nitrogen and oxygen atoms in total. The lowest BCUT2D eigenvalue weighted by Gasteiger charge is -2.33. The second kappa shape index (κ2) is 8.23. The van der Waals surface area contributed by atoms with Crippen molar-refractivity contribution in [2.24, 2.45) is 0 Å². The van der Waals surface area contributed by atoms with Crippen LogP contribution >= 0.6 is 11.6 Å². The van der Waals surface area contributed by atoms with Crippen LogP contribution in [0, 0.1) is 0 Å². The van der Waals surface area contributed by atoms with Gasteiger partial charge in [0, 0.05) is 23.8 Å². The fourth-order valence-electron chi connectivity index (χ4n) is 2.90. The van der Waals surface area contributed by atoms with Gasteiger partial charge in [-0.1, -0.05) is 11.6 Å². The van der Waals surface area contributed by atoms with Gasteiger partial charge in [-0.2, -0.15) is 4.98 Å². The molecule has 2 heterocycles. The highest BCUT2D eigenvalue weighted by atomic mass is 35.5. The van der Waals surface area contributed by atoms with E-state index in [0.29, 0.717) is 35.3 Å². The summed E-state index contributed by atoms with van der Waals surface area (Å²) in [6.45, 7) is 1.11. The van der Waals surface area contributed by atoms with Crippen molar-refractivity contribution in [1.29, 1.82) is 0 Å². The van der Waals surface area contributed by atoms with Gasteiger partial charge in [-0.05, 0) is 31.0 Å². The average molecular weight is 378 g/mol. The Morgan fingerprint density at radius 2 is 2.12 bits per heavy atom. The molecule has 26 heavy (non-hydrogen) atoms. The van der Waals surface area contributed by atoms with E-state index in [1.807, 2.05) is 0 Å². The first kappa shape index (κ1) is 18.3. The first-order chi connectivity index (χ1) is 12.6. The van der Waals surface area contributed by atoms with Gasteiger partial charge in [0.05, 0.1) is 26.3 Å². The zero-order chi connectivity index (χ0) is 18.5. The fourth-order valence-corrected chi connectivity index (χ4v) is 3.07. The summed E-state index contributed by atoms with van der Waals surface area (Å²) in [5.41, 5.74) is 0.448. The van der Waals surface area contributed by atoms with Crippen LogP contribution in [0.5, 0.6) is 17.6 Å². The summed E-state index contributed by atoms with van der Waals surface area (Å²) in [4.78, 5) is 22.8. The lowest BCUT2D eigenvalue weighted by molar-refractivity contribution is 0.0523. The van der Waals surface area contributed by atoms with Gasteiger partial charge in [0.1, 0.15) is 11.9 Å². The van der Waals surface area contributed by atoms with Gasteiger partial charge in [0.15, 0.2) is 0 Å². The Morgan fingerprint density at radius 3 is 2.88 bits per heavy atom. The lowest BCUT2D eigenvalue weighted by atomic mass is 10.1. The Morgan fingerprint density at radius 1 is 1.27 bits per heavy atom. The minimum absolute atomic E-state index is 0.127. The number of aromatic nitrogens is 2. The Hall–Kier alpha value is -2.54. The molecule has 0 saturated carbocycles. The predicted octanol–water partition coefficient (Wildman–Crippen LogP) is 2.83. The highest BCUT2D eigenvalue weighted by molar-refractivity contribution is 6.31. The molecule has 1 amide bonds. The first-order valence-corrected chi connectivity index (χ1v) is 8.65. The van der Waals surface area contributed by atoms with E-state index in [1.54, 1.807) is 35.4 Å². The van der Waals surface area contributed by atoms with Crippen LogP contribution in [0.2, 0.25) is 5.02 Å². The molecule has 8 heteroatoms. The molecule has 0 bridgehead atoms. The van der Waals surface area contributed by atoms with Gasteiger partial charge in [0.25, 0.3) is 5.91 Å². The van der Waals surface area contributed by atoms with Crippen molar-refractivity contribution in [3.05, 3.63) is 41.0 Å². The highest BCUT2D eigenvalue weighted by Gasteiger charge is 2.27. The average Bonchev–Trinajstić information content (AvgIpc) is 2.67. The molecule has 1 atom stereocenters. The van der Waals surface area contributed by atoms with Crippen molar-refractivity contribution < 1.29 is 19.0 Å². The van der Waals surface area contributed by atoms with E-state index in [-0.39, 0.29) is 18.0 Å². The Kier molecular flexibility index (Phi) is 5.78. The number of hydrogen-bond acceptors (Lipinski definition) is 6. The van der Waals surface area contributed by atoms with E-state index in [1.165, 1.54) is 14.2 Å². The second-order valence-electron chi connectivity index (χ2n) is 5.86. The third-order valence-electron chi connectivity index (χ3n) is 4.14. The molecular weight excluding hydrogens is 358 g/mol. The molecule has 138 valence electrons. The number of ether oxygens (including phenoxy) is 3. The highest BCUT2D eigenvalue weighted by Crippen LogP contribution is 2.26. The van der Waals surface area contributed by atoms with Crippen LogP contribution in [0.3, 0.4) is 0 Å². The third kappa shape index (κ3) is 4.16. The topological polar surface area (TPSA) is 73.8 Å². The van der Waals surface area contributed by atoms with E-state index >= 15 is 0 Å². The summed E-state index contributed by atoms with van der Waals surface area (Å²) in [5.74, 6) is 0.803. The molecule has 1 aliphatic rings. The predicted molar refractivity (Wildman–Crippen MR) is 96.1 cm³/mol. The third-order valence-corrected chi connectivity index (χ3v) is 4.37. The first-order valence-electron chi connectivity index (χ1n) is 8.27. The smallest absolute Gasteiger partial charge is 0.319 e. The van der Waals surface area contributed by atoms with Crippen molar-refractivity contribution in [3.63, 3.8) is 0 Å². The van der Waals surface area contributed by atoms with Gasteiger partial charge >= 0.3 is 6.01 Å². The number of carbonyl (C=O) groups is 1. The molecule has 1 aromatic carbocycles. The van der Waals surface area contributed by atoms with Gasteiger partial charge in [-0.3, -0.25) is 4.79 Å². The zero-order valence-electron chi connectivity index (χ0n) is 14.6. The van der Waals surface area contributed by atoms with Crippen LogP contribution in [-0.2, 0) is 0 Å². The standard InChI is InChI=1S/C18H20ClN3O4/c1-24-15-6-5-12(19)10-14(15)17(23)22-9-3-4-13(11-22)26-16-7-8-20-18(21-16)25-2/h5-8,10,13H,3-4,9,11H2,1-2H3. The second-order valence-corrected chi connectivity index (χ2v) is 6.30. The molecule has 0 spiro atoms. The van der Waals surface area contributed by atoms with Gasteiger partial charge in [-0.25, -0.2) is 4.98 Å². The quantitative estimate of drug-likeness (QED) is 0.797. The van der Waals surface area contributed by atoms with Crippen LogP contribution in [0.15, 0.2) is 30.5 Å². The molecule has 1 aliphatic heterocycles. The molecule has 1 unspecified atom stereocenters. The largest absolute Gasteiger partial charge is 0.496 e. The number of rotatable bonds is 5. The van der Waals surface area contributed by atoms with Crippen molar-refractivity contribution in [3.8, 4) is 17.6 Å². The minimum Gasteiger partial charge on any atom is -0.496 e. The Bertz CT molecular complexity index is 787. The summed E-state index contributed by atoms with van der Waals surface area (Å²) in [6, 6.07) is 6.93. The maximum absolute atomic E-state index is 12.9. The van der Waals surface area contributed by atoms with E-state index in [0.717, 1.165) is 12.8 Å². The normalized spacial score (nSPS) is 16.9. The summed E-state index contributed by atoms with van der Waals surface area (Å²) in [5, 5.41) is 0.493. The van der Waals surface area contributed by atoms with Crippen LogP contribution in [0.4, 0.5) is 0 Å². The number of methoxy groups -OCH3 is 2. The molecule has 0 aliphatic carbocycles. The number of nitrogens with zero attached hydrogens (tertiary/aromatic N) is 3. The van der Waals surface area contributed by atoms with E-state index in [4.69, 9.17) is 25.8 Å². The van der Waals surface area contributed by atoms with E-state index < -0.39 is 0 Å². The van der Waals surface area contributed by atoms with Gasteiger partial charge in [0.2, 0.25) is 5.88 Å². The van der Waals surface area contributed by atoms with Crippen molar-refractivity contribution in [2.75, 3.05) is 27.3 Å². The lowest BCUT2D eigenvalue weighted by Crippen LogP contribution is -2.44. The monoisotopic (exact) mass is 377 g/mol. The fraction of sp³-hybridized carbons (Fsp3) is 0.389. The van der Waals surface area contributed by atoms with E-state index in [9.17, 15) is 4.79 Å². The number of hydrogen-bond donors (Lipinski definition) is 0. The zero-order valence-corrected chi connectivity index (χ0v) is 15.4. The number of halogens is 1. The van der Waals surface area contributed by atoms with Crippen molar-refractivity contribution in [1.82, 2.24) is 14.9 Å². The maximum atomic E-state index is 12.9. The minimum atomic E-state index is -0.155. The number of benzene rings is 1.